The van der Waals surface area contributed by atoms with Crippen molar-refractivity contribution in [1.82, 2.24) is 15.3 Å². The zero-order chi connectivity index (χ0) is 18.1. The number of nitrogens with one attached hydrogen (secondary N) is 1. The fraction of sp³-hybridized carbons (Fsp3) is 0.444. The van der Waals surface area contributed by atoms with Gasteiger partial charge in [-0.25, -0.2) is 13.4 Å². The molecule has 0 unspecified atom stereocenters. The average Bonchev–Trinajstić information content (AvgIpc) is 2.96. The summed E-state index contributed by atoms with van der Waals surface area (Å²) in [6, 6.07) is 12.0. The molecule has 2 aromatic rings. The van der Waals surface area contributed by atoms with E-state index >= 15 is 0 Å². The first-order valence-electron chi connectivity index (χ1n) is 8.80. The Morgan fingerprint density at radius 2 is 2.04 bits per heavy atom. The summed E-state index contributed by atoms with van der Waals surface area (Å²) < 4.78 is 24.1. The predicted octanol–water partition coefficient (Wildman–Crippen LogP) is 0.688. The van der Waals surface area contributed by atoms with Gasteiger partial charge in [-0.1, -0.05) is 30.3 Å². The first-order chi connectivity index (χ1) is 12.5. The largest absolute Gasteiger partial charge is 0.350 e. The summed E-state index contributed by atoms with van der Waals surface area (Å²) in [6.07, 6.45) is 1.75. The van der Waals surface area contributed by atoms with Crippen LogP contribution in [-0.2, 0) is 16.4 Å². The highest BCUT2D eigenvalue weighted by atomic mass is 32.2. The molecule has 0 aliphatic carbocycles. The summed E-state index contributed by atoms with van der Waals surface area (Å²) in [6.45, 7) is 2.22. The Morgan fingerprint density at radius 3 is 2.85 bits per heavy atom. The first kappa shape index (κ1) is 17.2. The summed E-state index contributed by atoms with van der Waals surface area (Å²) in [5.74, 6) is 1.83. The molecule has 3 heterocycles. The number of benzene rings is 1. The quantitative estimate of drug-likeness (QED) is 0.845. The fourth-order valence-electron chi connectivity index (χ4n) is 3.76. The highest BCUT2D eigenvalue weighted by molar-refractivity contribution is 7.91. The monoisotopic (exact) mass is 373 g/mol. The maximum atomic E-state index is 12.0. The van der Waals surface area contributed by atoms with Crippen molar-refractivity contribution in [2.24, 2.45) is 0 Å². The Bertz CT molecular complexity index is 874. The van der Waals surface area contributed by atoms with Crippen LogP contribution in [-0.4, -0.2) is 62.1 Å². The Morgan fingerprint density at radius 1 is 1.23 bits per heavy atom. The summed E-state index contributed by atoms with van der Waals surface area (Å²) in [7, 11) is -1.03. The van der Waals surface area contributed by atoms with Crippen LogP contribution in [0.15, 0.2) is 42.6 Å². The van der Waals surface area contributed by atoms with E-state index in [2.05, 4.69) is 27.3 Å². The van der Waals surface area contributed by atoms with E-state index in [-0.39, 0.29) is 23.6 Å². The molecule has 8 heteroatoms. The minimum atomic E-state index is -2.99. The molecule has 0 spiro atoms. The minimum absolute atomic E-state index is 0.0192. The van der Waals surface area contributed by atoms with Gasteiger partial charge in [-0.15, -0.1) is 0 Å². The van der Waals surface area contributed by atoms with Gasteiger partial charge in [0, 0.05) is 38.9 Å². The lowest BCUT2D eigenvalue weighted by atomic mass is 10.1. The molecule has 1 aromatic carbocycles. The van der Waals surface area contributed by atoms with Crippen molar-refractivity contribution in [3.8, 4) is 0 Å². The van der Waals surface area contributed by atoms with Crippen LogP contribution in [0.25, 0.3) is 0 Å². The van der Waals surface area contributed by atoms with E-state index in [1.54, 1.807) is 6.20 Å². The Labute approximate surface area is 154 Å². The molecule has 2 aliphatic rings. The zero-order valence-corrected chi connectivity index (χ0v) is 15.6. The average molecular weight is 373 g/mol. The molecule has 2 atom stereocenters. The van der Waals surface area contributed by atoms with E-state index in [1.165, 1.54) is 5.56 Å². The lowest BCUT2D eigenvalue weighted by molar-refractivity contribution is 0.422. The molecule has 0 amide bonds. The van der Waals surface area contributed by atoms with Crippen molar-refractivity contribution in [1.29, 1.82) is 0 Å². The smallest absolute Gasteiger partial charge is 0.227 e. The molecule has 138 valence electrons. The van der Waals surface area contributed by atoms with E-state index in [9.17, 15) is 8.42 Å². The number of aromatic nitrogens is 2. The summed E-state index contributed by atoms with van der Waals surface area (Å²) in [4.78, 5) is 13.2. The Balaban J connectivity index is 1.55. The van der Waals surface area contributed by atoms with Crippen LogP contribution in [0.1, 0.15) is 5.56 Å². The number of sulfone groups is 1. The van der Waals surface area contributed by atoms with Gasteiger partial charge in [0.25, 0.3) is 0 Å². The molecule has 4 rings (SSSR count). The van der Waals surface area contributed by atoms with E-state index in [4.69, 9.17) is 4.98 Å². The van der Waals surface area contributed by atoms with E-state index in [0.29, 0.717) is 12.5 Å². The van der Waals surface area contributed by atoms with Crippen LogP contribution >= 0.6 is 0 Å². The normalized spacial score (nSPS) is 24.3. The van der Waals surface area contributed by atoms with Gasteiger partial charge in [-0.2, -0.15) is 4.98 Å². The van der Waals surface area contributed by atoms with E-state index < -0.39 is 9.84 Å². The van der Waals surface area contributed by atoms with Crippen LogP contribution < -0.4 is 15.1 Å². The van der Waals surface area contributed by atoms with E-state index in [0.717, 1.165) is 18.9 Å². The highest BCUT2D eigenvalue weighted by Crippen LogP contribution is 2.26. The van der Waals surface area contributed by atoms with Gasteiger partial charge in [0.2, 0.25) is 5.95 Å². The van der Waals surface area contributed by atoms with Crippen molar-refractivity contribution in [2.75, 3.05) is 41.4 Å². The summed E-state index contributed by atoms with van der Waals surface area (Å²) in [5.41, 5.74) is 1.19. The highest BCUT2D eigenvalue weighted by Gasteiger charge is 2.43. The number of nitrogens with zero attached hydrogens (tertiary/aromatic N) is 4. The van der Waals surface area contributed by atoms with Crippen molar-refractivity contribution in [3.05, 3.63) is 48.2 Å². The van der Waals surface area contributed by atoms with Crippen molar-refractivity contribution in [2.45, 2.75) is 18.6 Å². The number of fused-ring (bicyclic) bond motifs is 1. The maximum absolute atomic E-state index is 12.0. The fourth-order valence-corrected chi connectivity index (χ4v) is 5.72. The van der Waals surface area contributed by atoms with Gasteiger partial charge in [0.15, 0.2) is 9.84 Å². The minimum Gasteiger partial charge on any atom is -0.350 e. The van der Waals surface area contributed by atoms with Gasteiger partial charge in [-0.05, 0) is 11.6 Å². The third kappa shape index (κ3) is 3.52. The maximum Gasteiger partial charge on any atom is 0.227 e. The number of piperazine rings is 1. The molecule has 0 bridgehead atoms. The zero-order valence-electron chi connectivity index (χ0n) is 14.7. The molecule has 0 radical (unpaired) electrons. The second kappa shape index (κ2) is 6.85. The molecule has 1 N–H and O–H groups in total. The topological polar surface area (TPSA) is 78.4 Å². The van der Waals surface area contributed by atoms with Gasteiger partial charge >= 0.3 is 0 Å². The second-order valence-corrected chi connectivity index (χ2v) is 9.11. The number of anilines is 2. The van der Waals surface area contributed by atoms with Crippen LogP contribution in [0.5, 0.6) is 0 Å². The summed E-state index contributed by atoms with van der Waals surface area (Å²) in [5, 5.41) is 3.33. The van der Waals surface area contributed by atoms with Crippen molar-refractivity contribution < 1.29 is 8.42 Å². The second-order valence-electron chi connectivity index (χ2n) is 6.95. The first-order valence-corrected chi connectivity index (χ1v) is 10.6. The van der Waals surface area contributed by atoms with Crippen molar-refractivity contribution in [3.63, 3.8) is 0 Å². The SMILES string of the molecule is CN(Cc1ccccc1)c1nccc(N2CCN[C@@H]3CS(=O)(=O)C[C@@H]32)n1. The third-order valence-electron chi connectivity index (χ3n) is 5.01. The summed E-state index contributed by atoms with van der Waals surface area (Å²) >= 11 is 0. The molecular formula is C18H23N5O2S. The lowest BCUT2D eigenvalue weighted by Crippen LogP contribution is -2.57. The predicted molar refractivity (Wildman–Crippen MR) is 102 cm³/mol. The number of hydrogen-bond acceptors (Lipinski definition) is 7. The van der Waals surface area contributed by atoms with E-state index in [1.807, 2.05) is 36.2 Å². The molecule has 0 saturated carbocycles. The lowest BCUT2D eigenvalue weighted by Gasteiger charge is -2.38. The van der Waals surface area contributed by atoms with Gasteiger partial charge in [0.05, 0.1) is 17.5 Å². The number of rotatable bonds is 4. The van der Waals surface area contributed by atoms with Gasteiger partial charge in [-0.3, -0.25) is 0 Å². The van der Waals surface area contributed by atoms with Gasteiger partial charge < -0.3 is 15.1 Å². The molecule has 2 saturated heterocycles. The molecule has 2 aliphatic heterocycles. The Kier molecular flexibility index (Phi) is 4.54. The molecule has 7 nitrogen and oxygen atoms in total. The molecular weight excluding hydrogens is 350 g/mol. The number of hydrogen-bond donors (Lipinski definition) is 1. The third-order valence-corrected chi connectivity index (χ3v) is 6.73. The Hall–Kier alpha value is -2.19. The van der Waals surface area contributed by atoms with Crippen LogP contribution in [0, 0.1) is 0 Å². The van der Waals surface area contributed by atoms with Crippen LogP contribution in [0.2, 0.25) is 0 Å². The van der Waals surface area contributed by atoms with Crippen molar-refractivity contribution >= 4 is 21.6 Å². The molecule has 26 heavy (non-hydrogen) atoms. The van der Waals surface area contributed by atoms with Crippen LogP contribution in [0.4, 0.5) is 11.8 Å². The van der Waals surface area contributed by atoms with Gasteiger partial charge in [0.1, 0.15) is 5.82 Å². The molecule has 1 aromatic heterocycles. The standard InChI is InChI=1S/C18H23N5O2S/c1-22(11-14-5-3-2-4-6-14)18-20-8-7-17(21-18)23-10-9-19-15-12-26(24,25)13-16(15)23/h2-8,15-16,19H,9-13H2,1H3/t15-,16+/m1/s1. The van der Waals surface area contributed by atoms with Crippen LogP contribution in [0.3, 0.4) is 0 Å². The molecule has 2 fully saturated rings.